The Morgan fingerprint density at radius 3 is 1.29 bits per heavy atom. The van der Waals surface area contributed by atoms with Crippen molar-refractivity contribution in [3.05, 3.63) is 133 Å². The van der Waals surface area contributed by atoms with Crippen LogP contribution in [0.2, 0.25) is 0 Å². The Kier molecular flexibility index (Phi) is 6.78. The summed E-state index contributed by atoms with van der Waals surface area (Å²) in [7, 11) is -0.0327. The first kappa shape index (κ1) is 21.3. The van der Waals surface area contributed by atoms with Gasteiger partial charge in [0.1, 0.15) is 0 Å². The minimum Gasteiger partial charge on any atom is -0.309 e. The van der Waals surface area contributed by atoms with Crippen LogP contribution in [0.25, 0.3) is 10.8 Å². The van der Waals surface area contributed by atoms with Gasteiger partial charge in [0.25, 0.3) is 0 Å². The van der Waals surface area contributed by atoms with E-state index in [1.165, 1.54) is 16.1 Å². The van der Waals surface area contributed by atoms with Gasteiger partial charge in [-0.05, 0) is 16.1 Å². The van der Waals surface area contributed by atoms with Gasteiger partial charge in [-0.3, -0.25) is 0 Å². The third-order valence-electron chi connectivity index (χ3n) is 5.18. The summed E-state index contributed by atoms with van der Waals surface area (Å²) in [5.41, 5.74) is 0. The summed E-state index contributed by atoms with van der Waals surface area (Å²) in [5.74, 6) is 0. The third-order valence-corrected chi connectivity index (χ3v) is 8.76. The molecule has 0 aliphatic heterocycles. The molecule has 5 aromatic carbocycles. The van der Waals surface area contributed by atoms with Crippen molar-refractivity contribution < 1.29 is 4.57 Å². The van der Waals surface area contributed by atoms with Gasteiger partial charge in [0.2, 0.25) is 0 Å². The molecule has 0 aliphatic rings. The van der Waals surface area contributed by atoms with Crippen molar-refractivity contribution >= 4 is 48.4 Å². The zero-order valence-electron chi connectivity index (χ0n) is 17.1. The average Bonchev–Trinajstić information content (AvgIpc) is 2.86. The van der Waals surface area contributed by atoms with E-state index in [4.69, 9.17) is 0 Å². The van der Waals surface area contributed by atoms with Gasteiger partial charge in [-0.25, -0.2) is 0 Å². The van der Waals surface area contributed by atoms with Crippen LogP contribution in [0.15, 0.2) is 133 Å². The summed E-state index contributed by atoms with van der Waals surface area (Å²) in [6.07, 6.45) is 0. The Bertz CT molecular complexity index is 1190. The van der Waals surface area contributed by atoms with Crippen LogP contribution in [-0.4, -0.2) is 0 Å². The van der Waals surface area contributed by atoms with Crippen molar-refractivity contribution in [1.82, 2.24) is 0 Å². The molecule has 152 valence electrons. The third kappa shape index (κ3) is 4.70. The van der Waals surface area contributed by atoms with Crippen LogP contribution in [0.1, 0.15) is 0 Å². The SMILES string of the molecule is O=P(c1ccccc1)(c1ccccc1)c1ccccc1.Pc1cccc2ccccc12. The zero-order valence-corrected chi connectivity index (χ0v) is 19.2. The predicted octanol–water partition coefficient (Wildman–Crippen LogP) is 5.67. The summed E-state index contributed by atoms with van der Waals surface area (Å²) in [6, 6.07) is 43.8. The zero-order chi connectivity index (χ0) is 21.5. The molecule has 31 heavy (non-hydrogen) atoms. The number of hydrogen-bond donors (Lipinski definition) is 0. The molecule has 0 saturated carbocycles. The maximum atomic E-state index is 13.8. The highest BCUT2D eigenvalue weighted by molar-refractivity contribution is 7.85. The van der Waals surface area contributed by atoms with Crippen LogP contribution >= 0.6 is 16.4 Å². The fourth-order valence-electron chi connectivity index (χ4n) is 3.61. The Morgan fingerprint density at radius 2 is 0.839 bits per heavy atom. The Labute approximate surface area is 186 Å². The molecule has 3 heteroatoms. The van der Waals surface area contributed by atoms with Gasteiger partial charge in [-0.2, -0.15) is 0 Å². The van der Waals surface area contributed by atoms with E-state index < -0.39 is 7.14 Å². The second-order valence-electron chi connectivity index (χ2n) is 7.18. The first-order valence-corrected chi connectivity index (χ1v) is 12.5. The molecule has 0 spiro atoms. The number of fused-ring (bicyclic) bond motifs is 1. The Balaban J connectivity index is 0.000000177. The largest absolute Gasteiger partial charge is 0.309 e. The molecule has 0 radical (unpaired) electrons. The van der Waals surface area contributed by atoms with Crippen molar-refractivity contribution in [2.45, 2.75) is 0 Å². The van der Waals surface area contributed by atoms with Crippen LogP contribution in [0.4, 0.5) is 0 Å². The summed E-state index contributed by atoms with van der Waals surface area (Å²) in [5, 5.41) is 6.51. The van der Waals surface area contributed by atoms with Crippen molar-refractivity contribution in [1.29, 1.82) is 0 Å². The fourth-order valence-corrected chi connectivity index (χ4v) is 6.66. The minimum absolute atomic E-state index is 0.873. The number of hydrogen-bond acceptors (Lipinski definition) is 1. The molecule has 0 heterocycles. The van der Waals surface area contributed by atoms with E-state index in [1.54, 1.807) is 0 Å². The Hall–Kier alpha value is -2.98. The van der Waals surface area contributed by atoms with E-state index in [0.717, 1.165) is 15.9 Å². The highest BCUT2D eigenvalue weighted by Crippen LogP contribution is 2.41. The molecule has 1 unspecified atom stereocenters. The maximum absolute atomic E-state index is 13.8. The quantitative estimate of drug-likeness (QED) is 0.332. The van der Waals surface area contributed by atoms with Gasteiger partial charge in [-0.15, -0.1) is 9.24 Å². The minimum atomic E-state index is -2.78. The van der Waals surface area contributed by atoms with Gasteiger partial charge in [0.05, 0.1) is 0 Å². The van der Waals surface area contributed by atoms with E-state index in [9.17, 15) is 4.57 Å². The first-order chi connectivity index (χ1) is 15.2. The Morgan fingerprint density at radius 1 is 0.452 bits per heavy atom. The molecule has 0 fully saturated rings. The molecule has 0 aromatic heterocycles. The normalized spacial score (nSPS) is 10.9. The van der Waals surface area contributed by atoms with E-state index in [-0.39, 0.29) is 0 Å². The molecule has 0 amide bonds. The average molecular weight is 438 g/mol. The van der Waals surface area contributed by atoms with Crippen molar-refractivity contribution in [2.24, 2.45) is 0 Å². The lowest BCUT2D eigenvalue weighted by molar-refractivity contribution is 0.592. The molecule has 1 atom stereocenters. The van der Waals surface area contributed by atoms with E-state index >= 15 is 0 Å². The second kappa shape index (κ2) is 9.88. The monoisotopic (exact) mass is 438 g/mol. The second-order valence-corrected chi connectivity index (χ2v) is 10.6. The number of benzene rings is 5. The van der Waals surface area contributed by atoms with Crippen LogP contribution in [0.5, 0.6) is 0 Å². The van der Waals surface area contributed by atoms with E-state index in [1.807, 2.05) is 91.0 Å². The van der Waals surface area contributed by atoms with Crippen LogP contribution < -0.4 is 21.2 Å². The molecular weight excluding hydrogens is 414 g/mol. The van der Waals surface area contributed by atoms with Crippen molar-refractivity contribution in [3.63, 3.8) is 0 Å². The molecule has 5 aromatic rings. The van der Waals surface area contributed by atoms with Crippen LogP contribution in [0.3, 0.4) is 0 Å². The summed E-state index contributed by atoms with van der Waals surface area (Å²) >= 11 is 0. The van der Waals surface area contributed by atoms with Gasteiger partial charge in [0, 0.05) is 15.9 Å². The molecular formula is C28H24OP2. The lowest BCUT2D eigenvalue weighted by Crippen LogP contribution is -2.24. The van der Waals surface area contributed by atoms with E-state index in [0.29, 0.717) is 0 Å². The lowest BCUT2D eigenvalue weighted by Gasteiger charge is -2.19. The maximum Gasteiger partial charge on any atom is 0.171 e. The smallest absolute Gasteiger partial charge is 0.171 e. The van der Waals surface area contributed by atoms with E-state index in [2.05, 4.69) is 51.7 Å². The molecule has 5 rings (SSSR count). The van der Waals surface area contributed by atoms with Gasteiger partial charge in [-0.1, -0.05) is 133 Å². The lowest BCUT2D eigenvalue weighted by atomic mass is 10.1. The fraction of sp³-hybridized carbons (Fsp3) is 0. The highest BCUT2D eigenvalue weighted by Gasteiger charge is 2.28. The van der Waals surface area contributed by atoms with Crippen molar-refractivity contribution in [3.8, 4) is 0 Å². The molecule has 1 nitrogen and oxygen atoms in total. The molecule has 0 N–H and O–H groups in total. The van der Waals surface area contributed by atoms with Crippen LogP contribution in [0, 0.1) is 0 Å². The summed E-state index contributed by atoms with van der Waals surface area (Å²) in [6.45, 7) is 0. The molecule has 0 saturated heterocycles. The van der Waals surface area contributed by atoms with Crippen LogP contribution in [-0.2, 0) is 4.57 Å². The highest BCUT2D eigenvalue weighted by atomic mass is 31.2. The van der Waals surface area contributed by atoms with Gasteiger partial charge >= 0.3 is 0 Å². The van der Waals surface area contributed by atoms with Gasteiger partial charge < -0.3 is 4.57 Å². The molecule has 0 aliphatic carbocycles. The standard InChI is InChI=1S/C18H15OP.C10H9P/c19-20(16-10-4-1-5-11-16,17-12-6-2-7-13-17)18-14-8-3-9-15-18;11-10-7-3-5-8-4-1-2-6-9(8)10/h1-15H;1-7H,11H2. The van der Waals surface area contributed by atoms with Crippen molar-refractivity contribution in [2.75, 3.05) is 0 Å². The van der Waals surface area contributed by atoms with Gasteiger partial charge in [0.15, 0.2) is 7.14 Å². The topological polar surface area (TPSA) is 17.1 Å². The first-order valence-electron chi connectivity index (χ1n) is 10.2. The molecule has 0 bridgehead atoms. The summed E-state index contributed by atoms with van der Waals surface area (Å²) < 4.78 is 13.8. The number of rotatable bonds is 3. The summed E-state index contributed by atoms with van der Waals surface area (Å²) in [4.78, 5) is 0. The predicted molar refractivity (Wildman–Crippen MR) is 139 cm³/mol.